The third-order valence-electron chi connectivity index (χ3n) is 2.63. The summed E-state index contributed by atoms with van der Waals surface area (Å²) in [5.41, 5.74) is 2.34. The van der Waals surface area contributed by atoms with Gasteiger partial charge in [0.1, 0.15) is 5.75 Å². The molecule has 0 bridgehead atoms. The molecule has 2 N–H and O–H groups in total. The number of nitrogens with zero attached hydrogens (tertiary/aromatic N) is 1. The Morgan fingerprint density at radius 3 is 2.67 bits per heavy atom. The molecule has 0 atom stereocenters. The number of thiazole rings is 1. The van der Waals surface area contributed by atoms with Crippen molar-refractivity contribution >= 4 is 21.4 Å². The Labute approximate surface area is 127 Å². The SMILES string of the molecule is O=S(=O)(NCc1cscn1)c1ccc(OCCCO)cc1. The van der Waals surface area contributed by atoms with Crippen molar-refractivity contribution in [1.29, 1.82) is 0 Å². The molecule has 0 spiro atoms. The van der Waals surface area contributed by atoms with E-state index in [1.54, 1.807) is 23.0 Å². The summed E-state index contributed by atoms with van der Waals surface area (Å²) < 4.78 is 32.0. The van der Waals surface area contributed by atoms with Gasteiger partial charge in [-0.3, -0.25) is 0 Å². The van der Waals surface area contributed by atoms with Crippen LogP contribution in [0.5, 0.6) is 5.75 Å². The van der Waals surface area contributed by atoms with E-state index in [2.05, 4.69) is 9.71 Å². The fourth-order valence-corrected chi connectivity index (χ4v) is 3.10. The zero-order chi connectivity index (χ0) is 15.1. The second-order valence-electron chi connectivity index (χ2n) is 4.20. The maximum atomic E-state index is 12.1. The van der Waals surface area contributed by atoms with Crippen molar-refractivity contribution < 1.29 is 18.3 Å². The van der Waals surface area contributed by atoms with Crippen LogP contribution in [0.4, 0.5) is 0 Å². The number of ether oxygens (including phenoxy) is 1. The summed E-state index contributed by atoms with van der Waals surface area (Å²) in [6.45, 7) is 0.623. The van der Waals surface area contributed by atoms with Gasteiger partial charge >= 0.3 is 0 Å². The van der Waals surface area contributed by atoms with Gasteiger partial charge in [-0.15, -0.1) is 11.3 Å². The first-order chi connectivity index (χ1) is 10.1. The van der Waals surface area contributed by atoms with Crippen LogP contribution in [0, 0.1) is 0 Å². The molecular weight excluding hydrogens is 312 g/mol. The van der Waals surface area contributed by atoms with E-state index in [9.17, 15) is 8.42 Å². The average molecular weight is 328 g/mol. The predicted molar refractivity (Wildman–Crippen MR) is 79.8 cm³/mol. The van der Waals surface area contributed by atoms with Crippen LogP contribution in [0.25, 0.3) is 0 Å². The van der Waals surface area contributed by atoms with Gasteiger partial charge in [0.25, 0.3) is 0 Å². The number of hydrogen-bond acceptors (Lipinski definition) is 6. The highest BCUT2D eigenvalue weighted by Gasteiger charge is 2.14. The van der Waals surface area contributed by atoms with Gasteiger partial charge in [-0.05, 0) is 24.3 Å². The molecule has 114 valence electrons. The molecule has 2 rings (SSSR count). The molecule has 21 heavy (non-hydrogen) atoms. The standard InChI is InChI=1S/C13H16N2O4S2/c16-6-1-7-19-12-2-4-13(5-3-12)21(17,18)15-8-11-9-20-10-14-11/h2-5,9-10,15-16H,1,6-8H2. The van der Waals surface area contributed by atoms with E-state index in [0.29, 0.717) is 24.5 Å². The topological polar surface area (TPSA) is 88.5 Å². The number of rotatable bonds is 8. The summed E-state index contributed by atoms with van der Waals surface area (Å²) in [5, 5.41) is 10.5. The fraction of sp³-hybridized carbons (Fsp3) is 0.308. The van der Waals surface area contributed by atoms with Crippen molar-refractivity contribution in [3.8, 4) is 5.75 Å². The highest BCUT2D eigenvalue weighted by molar-refractivity contribution is 7.89. The average Bonchev–Trinajstić information content (AvgIpc) is 3.00. The monoisotopic (exact) mass is 328 g/mol. The number of nitrogens with one attached hydrogen (secondary N) is 1. The molecule has 0 aliphatic heterocycles. The zero-order valence-electron chi connectivity index (χ0n) is 11.2. The van der Waals surface area contributed by atoms with Gasteiger partial charge in [0, 0.05) is 18.4 Å². The minimum Gasteiger partial charge on any atom is -0.494 e. The second-order valence-corrected chi connectivity index (χ2v) is 6.69. The molecule has 8 heteroatoms. The van der Waals surface area contributed by atoms with Gasteiger partial charge < -0.3 is 9.84 Å². The molecule has 1 heterocycles. The number of hydrogen-bond donors (Lipinski definition) is 2. The minimum absolute atomic E-state index is 0.0625. The lowest BCUT2D eigenvalue weighted by Gasteiger charge is -2.08. The van der Waals surface area contributed by atoms with Crippen molar-refractivity contribution in [2.75, 3.05) is 13.2 Å². The molecule has 0 radical (unpaired) electrons. The third-order valence-corrected chi connectivity index (χ3v) is 4.68. The third kappa shape index (κ3) is 4.78. The van der Waals surface area contributed by atoms with Crippen molar-refractivity contribution in [3.05, 3.63) is 40.8 Å². The van der Waals surface area contributed by atoms with Gasteiger partial charge in [-0.1, -0.05) is 0 Å². The van der Waals surface area contributed by atoms with Crippen molar-refractivity contribution in [2.24, 2.45) is 0 Å². The summed E-state index contributed by atoms with van der Waals surface area (Å²) in [4.78, 5) is 4.19. The van der Waals surface area contributed by atoms with Gasteiger partial charge in [-0.2, -0.15) is 0 Å². The van der Waals surface area contributed by atoms with Crippen LogP contribution in [0.1, 0.15) is 12.1 Å². The number of aliphatic hydroxyl groups is 1. The molecule has 1 aromatic heterocycles. The van der Waals surface area contributed by atoms with Crippen LogP contribution in [0.2, 0.25) is 0 Å². The van der Waals surface area contributed by atoms with E-state index in [4.69, 9.17) is 9.84 Å². The van der Waals surface area contributed by atoms with Gasteiger partial charge in [0.15, 0.2) is 0 Å². The van der Waals surface area contributed by atoms with Gasteiger partial charge in [0.05, 0.1) is 29.3 Å². The number of sulfonamides is 1. The number of benzene rings is 1. The molecule has 0 unspecified atom stereocenters. The molecule has 6 nitrogen and oxygen atoms in total. The Morgan fingerprint density at radius 1 is 1.29 bits per heavy atom. The molecule has 0 amide bonds. The highest BCUT2D eigenvalue weighted by Crippen LogP contribution is 2.16. The molecule has 0 saturated carbocycles. The molecule has 0 saturated heterocycles. The van der Waals surface area contributed by atoms with E-state index in [-0.39, 0.29) is 18.0 Å². The smallest absolute Gasteiger partial charge is 0.240 e. The van der Waals surface area contributed by atoms with E-state index in [1.807, 2.05) is 0 Å². The minimum atomic E-state index is -3.56. The van der Waals surface area contributed by atoms with Gasteiger partial charge in [0.2, 0.25) is 10.0 Å². The molecule has 0 aliphatic carbocycles. The van der Waals surface area contributed by atoms with E-state index >= 15 is 0 Å². The molecule has 0 fully saturated rings. The molecule has 0 aliphatic rings. The van der Waals surface area contributed by atoms with Crippen LogP contribution in [-0.2, 0) is 16.6 Å². The Morgan fingerprint density at radius 2 is 2.05 bits per heavy atom. The maximum absolute atomic E-state index is 12.1. The summed E-state index contributed by atoms with van der Waals surface area (Å²) in [6, 6.07) is 6.15. The lowest BCUT2D eigenvalue weighted by atomic mass is 10.3. The van der Waals surface area contributed by atoms with Crippen LogP contribution in [0.15, 0.2) is 40.1 Å². The summed E-state index contributed by atoms with van der Waals surface area (Å²) >= 11 is 1.42. The first-order valence-corrected chi connectivity index (χ1v) is 8.75. The Bertz CT molecular complexity index is 639. The lowest BCUT2D eigenvalue weighted by Crippen LogP contribution is -2.23. The zero-order valence-corrected chi connectivity index (χ0v) is 12.9. The van der Waals surface area contributed by atoms with Crippen molar-refractivity contribution in [2.45, 2.75) is 17.9 Å². The number of aliphatic hydroxyl groups excluding tert-OH is 1. The molecular formula is C13H16N2O4S2. The molecule has 1 aromatic carbocycles. The van der Waals surface area contributed by atoms with Crippen molar-refractivity contribution in [1.82, 2.24) is 9.71 Å². The summed E-state index contributed by atoms with van der Waals surface area (Å²) in [5.74, 6) is 0.571. The number of aromatic nitrogens is 1. The first kappa shape index (κ1) is 15.9. The van der Waals surface area contributed by atoms with E-state index in [1.165, 1.54) is 23.5 Å². The summed E-state index contributed by atoms with van der Waals surface area (Å²) in [7, 11) is -3.56. The fourth-order valence-electron chi connectivity index (χ4n) is 1.55. The highest BCUT2D eigenvalue weighted by atomic mass is 32.2. The Balaban J connectivity index is 1.96. The normalized spacial score (nSPS) is 11.5. The molecule has 2 aromatic rings. The van der Waals surface area contributed by atoms with Crippen LogP contribution in [-0.4, -0.2) is 31.7 Å². The van der Waals surface area contributed by atoms with Crippen LogP contribution >= 0.6 is 11.3 Å². The van der Waals surface area contributed by atoms with E-state index in [0.717, 1.165) is 0 Å². The Hall–Kier alpha value is -1.48. The predicted octanol–water partition coefficient (Wildman–Crippen LogP) is 1.38. The second kappa shape index (κ2) is 7.51. The van der Waals surface area contributed by atoms with Gasteiger partial charge in [-0.25, -0.2) is 18.1 Å². The largest absolute Gasteiger partial charge is 0.494 e. The summed E-state index contributed by atoms with van der Waals surface area (Å²) in [6.07, 6.45) is 0.537. The van der Waals surface area contributed by atoms with Crippen LogP contribution < -0.4 is 9.46 Å². The Kier molecular flexibility index (Phi) is 5.68. The van der Waals surface area contributed by atoms with E-state index < -0.39 is 10.0 Å². The van der Waals surface area contributed by atoms with Crippen molar-refractivity contribution in [3.63, 3.8) is 0 Å². The maximum Gasteiger partial charge on any atom is 0.240 e. The quantitative estimate of drug-likeness (QED) is 0.715. The first-order valence-electron chi connectivity index (χ1n) is 6.32. The van der Waals surface area contributed by atoms with Crippen LogP contribution in [0.3, 0.4) is 0 Å². The lowest BCUT2D eigenvalue weighted by molar-refractivity contribution is 0.233.